The van der Waals surface area contributed by atoms with E-state index in [1.165, 1.54) is 36.6 Å². The van der Waals surface area contributed by atoms with Crippen molar-refractivity contribution in [3.63, 3.8) is 0 Å². The van der Waals surface area contributed by atoms with E-state index < -0.39 is 0 Å². The third-order valence-corrected chi connectivity index (χ3v) is 11.8. The number of para-hydroxylation sites is 3. The highest BCUT2D eigenvalue weighted by atomic mass is 32.1. The Labute approximate surface area is 327 Å². The standard InChI is InChI=1S/C51H32N4S/c1-4-14-35(15-5-1)43-32-44(54-50(53-43)38-16-6-2-7-17-38)36-28-24-33(25-29-36)34-26-30-37(31-27-34)48-49-46(40-20-10-12-22-42(40)52-48)47-41-21-11-13-23-45(41)55(51(47)56-49)39-18-8-3-9-19-39/h1-32H. The second-order valence-electron chi connectivity index (χ2n) is 14.0. The molecule has 4 heterocycles. The number of thiophene rings is 1. The summed E-state index contributed by atoms with van der Waals surface area (Å²) >= 11 is 1.83. The molecule has 11 rings (SSSR count). The van der Waals surface area contributed by atoms with Crippen molar-refractivity contribution in [2.75, 3.05) is 0 Å². The van der Waals surface area contributed by atoms with E-state index in [4.69, 9.17) is 15.0 Å². The monoisotopic (exact) mass is 732 g/mol. The SMILES string of the molecule is c1ccc(-c2cc(-c3ccc(-c4ccc(-c5nc6ccccc6c6c5sc5c6c6ccccc6n5-c5ccccc5)cc4)cc3)nc(-c3ccccc3)n2)cc1. The number of nitrogens with zero attached hydrogens (tertiary/aromatic N) is 4. The predicted octanol–water partition coefficient (Wildman–Crippen LogP) is 13.7. The van der Waals surface area contributed by atoms with Crippen LogP contribution >= 0.6 is 11.3 Å². The summed E-state index contributed by atoms with van der Waals surface area (Å²) in [7, 11) is 0. The molecule has 0 unspecified atom stereocenters. The van der Waals surface area contributed by atoms with Crippen molar-refractivity contribution < 1.29 is 0 Å². The van der Waals surface area contributed by atoms with Crippen molar-refractivity contribution in [3.05, 3.63) is 194 Å². The summed E-state index contributed by atoms with van der Waals surface area (Å²) in [5.41, 5.74) is 12.7. The number of fused-ring (bicyclic) bond motifs is 7. The highest BCUT2D eigenvalue weighted by molar-refractivity contribution is 7.26. The first-order valence-corrected chi connectivity index (χ1v) is 19.6. The molecular weight excluding hydrogens is 701 g/mol. The van der Waals surface area contributed by atoms with Gasteiger partial charge in [0.05, 0.1) is 32.8 Å². The van der Waals surface area contributed by atoms with Crippen LogP contribution in [-0.2, 0) is 0 Å². The van der Waals surface area contributed by atoms with Crippen molar-refractivity contribution >= 4 is 53.4 Å². The number of hydrogen-bond donors (Lipinski definition) is 0. The molecule has 11 aromatic rings. The molecule has 4 aromatic heterocycles. The van der Waals surface area contributed by atoms with Crippen LogP contribution in [0.4, 0.5) is 0 Å². The second-order valence-corrected chi connectivity index (χ2v) is 15.0. The van der Waals surface area contributed by atoms with E-state index in [0.717, 1.165) is 61.7 Å². The Hall–Kier alpha value is -7.21. The quantitative estimate of drug-likeness (QED) is 0.171. The molecule has 7 aromatic carbocycles. The van der Waals surface area contributed by atoms with Crippen LogP contribution in [0.2, 0.25) is 0 Å². The van der Waals surface area contributed by atoms with Crippen molar-refractivity contribution in [2.24, 2.45) is 0 Å². The van der Waals surface area contributed by atoms with E-state index in [-0.39, 0.29) is 0 Å². The Balaban J connectivity index is 0.996. The van der Waals surface area contributed by atoms with E-state index in [9.17, 15) is 0 Å². The highest BCUT2D eigenvalue weighted by Gasteiger charge is 2.22. The maximum absolute atomic E-state index is 5.33. The van der Waals surface area contributed by atoms with Gasteiger partial charge >= 0.3 is 0 Å². The van der Waals surface area contributed by atoms with E-state index in [0.29, 0.717) is 5.82 Å². The van der Waals surface area contributed by atoms with Gasteiger partial charge in [0.2, 0.25) is 0 Å². The first-order chi connectivity index (χ1) is 27.8. The molecule has 0 radical (unpaired) electrons. The van der Waals surface area contributed by atoms with Gasteiger partial charge in [-0.25, -0.2) is 15.0 Å². The van der Waals surface area contributed by atoms with Crippen LogP contribution < -0.4 is 0 Å². The van der Waals surface area contributed by atoms with Gasteiger partial charge < -0.3 is 4.57 Å². The molecule has 0 aliphatic carbocycles. The summed E-state index contributed by atoms with van der Waals surface area (Å²) in [6, 6.07) is 68.1. The fourth-order valence-electron chi connectivity index (χ4n) is 7.94. The first-order valence-electron chi connectivity index (χ1n) is 18.8. The predicted molar refractivity (Wildman–Crippen MR) is 234 cm³/mol. The van der Waals surface area contributed by atoms with Gasteiger partial charge in [0.25, 0.3) is 0 Å². The minimum Gasteiger partial charge on any atom is -0.301 e. The molecule has 5 heteroatoms. The summed E-state index contributed by atoms with van der Waals surface area (Å²) in [6.07, 6.45) is 0. The third-order valence-electron chi connectivity index (χ3n) is 10.6. The van der Waals surface area contributed by atoms with Crippen molar-refractivity contribution in [3.8, 4) is 62.0 Å². The van der Waals surface area contributed by atoms with Gasteiger partial charge in [-0.1, -0.05) is 164 Å². The summed E-state index contributed by atoms with van der Waals surface area (Å²) in [4.78, 5) is 16.5. The van der Waals surface area contributed by atoms with E-state index in [1.54, 1.807) is 0 Å². The van der Waals surface area contributed by atoms with E-state index in [2.05, 4.69) is 162 Å². The molecule has 0 amide bonds. The summed E-state index contributed by atoms with van der Waals surface area (Å²) in [5.74, 6) is 0.714. The zero-order valence-corrected chi connectivity index (χ0v) is 31.0. The lowest BCUT2D eigenvalue weighted by Crippen LogP contribution is -1.95. The minimum atomic E-state index is 0.714. The molecule has 0 fully saturated rings. The normalized spacial score (nSPS) is 11.6. The van der Waals surface area contributed by atoms with Crippen molar-refractivity contribution in [2.45, 2.75) is 0 Å². The third kappa shape index (κ3) is 5.40. The van der Waals surface area contributed by atoms with Gasteiger partial charge in [0.15, 0.2) is 5.82 Å². The maximum Gasteiger partial charge on any atom is 0.160 e. The van der Waals surface area contributed by atoms with Crippen LogP contribution in [0.25, 0.3) is 104 Å². The zero-order chi connectivity index (χ0) is 37.0. The van der Waals surface area contributed by atoms with Crippen LogP contribution in [0.1, 0.15) is 0 Å². The summed E-state index contributed by atoms with van der Waals surface area (Å²) in [5, 5.41) is 5.00. The van der Waals surface area contributed by atoms with Crippen LogP contribution in [0, 0.1) is 0 Å². The van der Waals surface area contributed by atoms with Gasteiger partial charge in [-0.3, -0.25) is 0 Å². The average molecular weight is 733 g/mol. The molecule has 0 saturated carbocycles. The van der Waals surface area contributed by atoms with E-state index in [1.807, 2.05) is 47.7 Å². The number of hydrogen-bond acceptors (Lipinski definition) is 4. The molecule has 0 atom stereocenters. The summed E-state index contributed by atoms with van der Waals surface area (Å²) in [6.45, 7) is 0. The number of pyridine rings is 1. The minimum absolute atomic E-state index is 0.714. The average Bonchev–Trinajstić information content (AvgIpc) is 3.82. The lowest BCUT2D eigenvalue weighted by atomic mass is 9.99. The lowest BCUT2D eigenvalue weighted by Gasteiger charge is -2.11. The Kier molecular flexibility index (Phi) is 7.64. The molecule has 0 aliphatic rings. The van der Waals surface area contributed by atoms with Crippen LogP contribution in [0.3, 0.4) is 0 Å². The van der Waals surface area contributed by atoms with Gasteiger partial charge in [0.1, 0.15) is 4.83 Å². The molecule has 0 aliphatic heterocycles. The molecule has 0 bridgehead atoms. The fourth-order valence-corrected chi connectivity index (χ4v) is 9.32. The second kappa shape index (κ2) is 13.3. The van der Waals surface area contributed by atoms with E-state index >= 15 is 0 Å². The molecule has 262 valence electrons. The Morgan fingerprint density at radius 3 is 1.59 bits per heavy atom. The Bertz CT molecular complexity index is 3150. The molecule has 4 nitrogen and oxygen atoms in total. The maximum atomic E-state index is 5.33. The topological polar surface area (TPSA) is 43.6 Å². The number of aromatic nitrogens is 4. The van der Waals surface area contributed by atoms with Crippen molar-refractivity contribution in [1.29, 1.82) is 0 Å². The zero-order valence-electron chi connectivity index (χ0n) is 30.2. The molecule has 0 saturated heterocycles. The van der Waals surface area contributed by atoms with Gasteiger partial charge in [-0.05, 0) is 41.5 Å². The highest BCUT2D eigenvalue weighted by Crippen LogP contribution is 2.47. The molecule has 0 N–H and O–H groups in total. The van der Waals surface area contributed by atoms with Gasteiger partial charge in [-0.15, -0.1) is 11.3 Å². The Morgan fingerprint density at radius 1 is 0.393 bits per heavy atom. The van der Waals surface area contributed by atoms with Gasteiger partial charge in [-0.2, -0.15) is 0 Å². The smallest absolute Gasteiger partial charge is 0.160 e. The first kappa shape index (κ1) is 32.2. The largest absolute Gasteiger partial charge is 0.301 e. The molecular formula is C51H32N4S. The lowest BCUT2D eigenvalue weighted by molar-refractivity contribution is 1.18. The number of rotatable bonds is 6. The number of benzene rings is 7. The molecule has 56 heavy (non-hydrogen) atoms. The van der Waals surface area contributed by atoms with Crippen LogP contribution in [0.15, 0.2) is 194 Å². The Morgan fingerprint density at radius 2 is 0.911 bits per heavy atom. The van der Waals surface area contributed by atoms with Crippen LogP contribution in [0.5, 0.6) is 0 Å². The van der Waals surface area contributed by atoms with Crippen molar-refractivity contribution in [1.82, 2.24) is 19.5 Å². The molecule has 0 spiro atoms. The summed E-state index contributed by atoms with van der Waals surface area (Å²) < 4.78 is 3.61. The fraction of sp³-hybridized carbons (Fsp3) is 0. The van der Waals surface area contributed by atoms with Gasteiger partial charge in [0, 0.05) is 49.5 Å². The van der Waals surface area contributed by atoms with Crippen LogP contribution in [-0.4, -0.2) is 19.5 Å².